The first kappa shape index (κ1) is 41.6. The Morgan fingerprint density at radius 1 is 0.607 bits per heavy atom. The summed E-state index contributed by atoms with van der Waals surface area (Å²) in [5, 5.41) is 30.5. The van der Waals surface area contributed by atoms with Crippen molar-refractivity contribution in [1.82, 2.24) is 20.4 Å². The maximum Gasteiger partial charge on any atom is 0.319 e. The molecule has 0 unspecified atom stereocenters. The summed E-state index contributed by atoms with van der Waals surface area (Å²) < 4.78 is 10.4. The summed E-state index contributed by atoms with van der Waals surface area (Å²) in [6, 6.07) is 25.8. The standard InChI is InChI=1S/2C20H22ClN3O4/c2*1-28-16-8-2-13(3-9-16)17-12-24(10-11-25)19(26)18(17)23-20(27)22-15-6-4-14(21)5-7-15/h2*2-9,17-18,25H,10-12H2,1H3,(H2,22,23,27)/t2*17-,18-/m00/s1. The summed E-state index contributed by atoms with van der Waals surface area (Å²) in [5.74, 6) is 0.514. The maximum atomic E-state index is 12.8. The molecule has 6 amide bonds. The van der Waals surface area contributed by atoms with E-state index in [2.05, 4.69) is 21.3 Å². The first-order valence-corrected chi connectivity index (χ1v) is 18.5. The van der Waals surface area contributed by atoms with Gasteiger partial charge in [0.1, 0.15) is 23.6 Å². The van der Waals surface area contributed by atoms with Crippen LogP contribution in [0, 0.1) is 0 Å². The number of carbonyl (C=O) groups excluding carboxylic acids is 4. The number of urea groups is 2. The molecule has 0 bridgehead atoms. The number of rotatable bonds is 12. The number of aliphatic hydroxyl groups is 2. The van der Waals surface area contributed by atoms with Gasteiger partial charge in [-0.3, -0.25) is 9.59 Å². The van der Waals surface area contributed by atoms with E-state index >= 15 is 0 Å². The SMILES string of the molecule is COc1ccc([C@@H]2CN(CCO)C(=O)[C@H]2NC(=O)Nc2ccc(Cl)cc2)cc1.COc1ccc([C@@H]2CN(CCO)C(=O)[C@H]2NC(=O)Nc2ccc(Cl)cc2)cc1. The van der Waals surface area contributed by atoms with Crippen molar-refractivity contribution < 1.29 is 38.9 Å². The number of nitrogens with one attached hydrogen (secondary N) is 4. The van der Waals surface area contributed by atoms with Crippen LogP contribution in [0.2, 0.25) is 10.0 Å². The smallest absolute Gasteiger partial charge is 0.319 e. The van der Waals surface area contributed by atoms with Crippen molar-refractivity contribution in [2.45, 2.75) is 23.9 Å². The minimum Gasteiger partial charge on any atom is -0.497 e. The molecule has 2 fully saturated rings. The molecule has 0 aliphatic carbocycles. The summed E-state index contributed by atoms with van der Waals surface area (Å²) in [4.78, 5) is 53.5. The van der Waals surface area contributed by atoms with Gasteiger partial charge in [0, 0.05) is 59.4 Å². The molecular formula is C40H44Cl2N6O8. The van der Waals surface area contributed by atoms with E-state index in [-0.39, 0.29) is 50.0 Å². The van der Waals surface area contributed by atoms with Crippen LogP contribution in [-0.2, 0) is 9.59 Å². The van der Waals surface area contributed by atoms with Gasteiger partial charge in [-0.1, -0.05) is 47.5 Å². The molecule has 2 heterocycles. The number of aliphatic hydroxyl groups excluding tert-OH is 2. The van der Waals surface area contributed by atoms with Gasteiger partial charge in [0.25, 0.3) is 0 Å². The van der Waals surface area contributed by atoms with Crippen LogP contribution in [0.3, 0.4) is 0 Å². The molecule has 0 aromatic heterocycles. The molecule has 4 aromatic rings. The minimum absolute atomic E-state index is 0.134. The van der Waals surface area contributed by atoms with Gasteiger partial charge in [-0.25, -0.2) is 9.59 Å². The van der Waals surface area contributed by atoms with Crippen LogP contribution in [0.1, 0.15) is 23.0 Å². The second-order valence-corrected chi connectivity index (χ2v) is 13.8. The minimum atomic E-state index is -0.729. The van der Waals surface area contributed by atoms with Gasteiger partial charge in [0.15, 0.2) is 0 Å². The largest absolute Gasteiger partial charge is 0.497 e. The van der Waals surface area contributed by atoms with Crippen LogP contribution in [0.5, 0.6) is 11.5 Å². The van der Waals surface area contributed by atoms with E-state index in [1.54, 1.807) is 72.6 Å². The molecule has 0 spiro atoms. The maximum absolute atomic E-state index is 12.8. The van der Waals surface area contributed by atoms with E-state index < -0.39 is 24.1 Å². The summed E-state index contributed by atoms with van der Waals surface area (Å²) in [6.07, 6.45) is 0. The Morgan fingerprint density at radius 2 is 0.946 bits per heavy atom. The normalized spacial score (nSPS) is 18.8. The van der Waals surface area contributed by atoms with E-state index in [1.165, 1.54) is 0 Å². The highest BCUT2D eigenvalue weighted by atomic mass is 35.5. The Hall–Kier alpha value is -5.54. The fourth-order valence-corrected chi connectivity index (χ4v) is 6.81. The number of nitrogens with zero attached hydrogens (tertiary/aromatic N) is 2. The molecule has 4 aromatic carbocycles. The van der Waals surface area contributed by atoms with Gasteiger partial charge >= 0.3 is 12.1 Å². The molecular weight excluding hydrogens is 763 g/mol. The molecule has 296 valence electrons. The Kier molecular flexibility index (Phi) is 14.8. The molecule has 4 atom stereocenters. The molecule has 6 N–H and O–H groups in total. The molecule has 56 heavy (non-hydrogen) atoms. The summed E-state index contributed by atoms with van der Waals surface area (Å²) in [5.41, 5.74) is 2.96. The number of likely N-dealkylation sites (tertiary alicyclic amines) is 2. The van der Waals surface area contributed by atoms with E-state index in [9.17, 15) is 29.4 Å². The Balaban J connectivity index is 0.000000214. The molecule has 0 radical (unpaired) electrons. The predicted molar refractivity (Wildman–Crippen MR) is 214 cm³/mol. The highest BCUT2D eigenvalue weighted by Crippen LogP contribution is 2.31. The average molecular weight is 808 g/mol. The number of benzene rings is 4. The second kappa shape index (κ2) is 19.9. The van der Waals surface area contributed by atoms with E-state index in [0.717, 1.165) is 11.1 Å². The summed E-state index contributed by atoms with van der Waals surface area (Å²) in [6.45, 7) is 1.01. The van der Waals surface area contributed by atoms with Gasteiger partial charge in [0.2, 0.25) is 11.8 Å². The van der Waals surface area contributed by atoms with Crippen LogP contribution in [0.25, 0.3) is 0 Å². The van der Waals surface area contributed by atoms with Crippen molar-refractivity contribution in [2.75, 3.05) is 64.2 Å². The van der Waals surface area contributed by atoms with E-state index in [1.807, 2.05) is 48.5 Å². The fourth-order valence-electron chi connectivity index (χ4n) is 6.55. The monoisotopic (exact) mass is 806 g/mol. The van der Waals surface area contributed by atoms with Crippen molar-refractivity contribution in [3.8, 4) is 11.5 Å². The molecule has 14 nitrogen and oxygen atoms in total. The average Bonchev–Trinajstić information content (AvgIpc) is 3.67. The third-order valence-electron chi connectivity index (χ3n) is 9.40. The third kappa shape index (κ3) is 10.8. The highest BCUT2D eigenvalue weighted by Gasteiger charge is 2.43. The molecule has 2 saturated heterocycles. The number of hydrogen-bond donors (Lipinski definition) is 6. The third-order valence-corrected chi connectivity index (χ3v) is 9.90. The van der Waals surface area contributed by atoms with Crippen LogP contribution in [-0.4, -0.2) is 110 Å². The zero-order valence-corrected chi connectivity index (χ0v) is 32.3. The lowest BCUT2D eigenvalue weighted by Crippen LogP contribution is -2.45. The molecule has 6 rings (SSSR count). The second-order valence-electron chi connectivity index (χ2n) is 12.9. The number of amides is 6. The van der Waals surface area contributed by atoms with Crippen LogP contribution < -0.4 is 30.7 Å². The van der Waals surface area contributed by atoms with Crippen molar-refractivity contribution in [3.63, 3.8) is 0 Å². The van der Waals surface area contributed by atoms with Gasteiger partial charge < -0.3 is 50.8 Å². The van der Waals surface area contributed by atoms with Crippen LogP contribution in [0.15, 0.2) is 97.1 Å². The van der Waals surface area contributed by atoms with Gasteiger partial charge in [-0.15, -0.1) is 0 Å². The lowest BCUT2D eigenvalue weighted by atomic mass is 9.94. The fraction of sp³-hybridized carbons (Fsp3) is 0.300. The Bertz CT molecular complexity index is 1790. The topological polar surface area (TPSA) is 182 Å². The van der Waals surface area contributed by atoms with E-state index in [0.29, 0.717) is 46.0 Å². The van der Waals surface area contributed by atoms with E-state index in [4.69, 9.17) is 32.7 Å². The lowest BCUT2D eigenvalue weighted by molar-refractivity contribution is -0.130. The highest BCUT2D eigenvalue weighted by molar-refractivity contribution is 6.31. The number of halogens is 2. The summed E-state index contributed by atoms with van der Waals surface area (Å²) >= 11 is 11.7. The number of β-amino-alcohol motifs (C(OH)–C–C–N with tert-alkyl or cyclic N) is 2. The van der Waals surface area contributed by atoms with Crippen LogP contribution >= 0.6 is 23.2 Å². The zero-order chi connectivity index (χ0) is 40.2. The molecule has 2 aliphatic heterocycles. The molecule has 0 saturated carbocycles. The molecule has 2 aliphatic rings. The quantitative estimate of drug-likeness (QED) is 0.117. The Morgan fingerprint density at radius 3 is 1.25 bits per heavy atom. The van der Waals surface area contributed by atoms with Crippen molar-refractivity contribution in [1.29, 1.82) is 0 Å². The summed E-state index contributed by atoms with van der Waals surface area (Å²) in [7, 11) is 3.17. The number of methoxy groups -OCH3 is 2. The molecule has 16 heteroatoms. The van der Waals surface area contributed by atoms with Crippen molar-refractivity contribution in [3.05, 3.63) is 118 Å². The van der Waals surface area contributed by atoms with Gasteiger partial charge in [0.05, 0.1) is 27.4 Å². The Labute approximate surface area is 334 Å². The number of hydrogen-bond acceptors (Lipinski definition) is 8. The van der Waals surface area contributed by atoms with Gasteiger partial charge in [-0.2, -0.15) is 0 Å². The van der Waals surface area contributed by atoms with Crippen LogP contribution in [0.4, 0.5) is 21.0 Å². The first-order chi connectivity index (χ1) is 27.0. The van der Waals surface area contributed by atoms with Crippen molar-refractivity contribution in [2.24, 2.45) is 0 Å². The number of ether oxygens (including phenoxy) is 2. The number of anilines is 2. The predicted octanol–water partition coefficient (Wildman–Crippen LogP) is 4.91. The van der Waals surface area contributed by atoms with Crippen molar-refractivity contribution >= 4 is 58.5 Å². The number of carbonyl (C=O) groups is 4. The first-order valence-electron chi connectivity index (χ1n) is 17.8. The van der Waals surface area contributed by atoms with Gasteiger partial charge in [-0.05, 0) is 83.9 Å². The zero-order valence-electron chi connectivity index (χ0n) is 30.8. The lowest BCUT2D eigenvalue weighted by Gasteiger charge is -2.19.